The van der Waals surface area contributed by atoms with E-state index in [4.69, 9.17) is 33.4 Å². The SMILES string of the molecule is N[C@H]1CCCC[C@@H]1c1c(Cl)c2nc(Cl)nc(NCc3ccco3)c2n1C(F)F. The van der Waals surface area contributed by atoms with E-state index in [1.54, 1.807) is 12.1 Å². The fourth-order valence-corrected chi connectivity index (χ4v) is 4.44. The van der Waals surface area contributed by atoms with Gasteiger partial charge < -0.3 is 15.5 Å². The van der Waals surface area contributed by atoms with Crippen LogP contribution in [0.5, 0.6) is 0 Å². The van der Waals surface area contributed by atoms with Gasteiger partial charge in [0.2, 0.25) is 5.28 Å². The van der Waals surface area contributed by atoms with Gasteiger partial charge in [-0.25, -0.2) is 4.98 Å². The zero-order valence-corrected chi connectivity index (χ0v) is 16.4. The van der Waals surface area contributed by atoms with Crippen LogP contribution in [-0.2, 0) is 6.54 Å². The molecule has 0 aromatic carbocycles. The van der Waals surface area contributed by atoms with Crippen LogP contribution in [0.4, 0.5) is 14.6 Å². The van der Waals surface area contributed by atoms with Gasteiger partial charge in [0.15, 0.2) is 5.82 Å². The largest absolute Gasteiger partial charge is 0.467 e. The van der Waals surface area contributed by atoms with Gasteiger partial charge in [0.25, 0.3) is 0 Å². The van der Waals surface area contributed by atoms with Crippen molar-refractivity contribution in [2.45, 2.75) is 50.7 Å². The summed E-state index contributed by atoms with van der Waals surface area (Å²) < 4.78 is 34.5. The number of nitrogens with two attached hydrogens (primary N) is 1. The monoisotopic (exact) mass is 429 g/mol. The summed E-state index contributed by atoms with van der Waals surface area (Å²) in [4.78, 5) is 8.25. The normalized spacial score (nSPS) is 20.2. The first-order valence-electron chi connectivity index (χ1n) is 9.04. The molecule has 10 heteroatoms. The molecule has 4 rings (SSSR count). The third kappa shape index (κ3) is 3.44. The number of halogens is 4. The van der Waals surface area contributed by atoms with E-state index in [1.165, 1.54) is 6.26 Å². The summed E-state index contributed by atoms with van der Waals surface area (Å²) in [6, 6.07) is 3.26. The fraction of sp³-hybridized carbons (Fsp3) is 0.444. The van der Waals surface area contributed by atoms with Crippen LogP contribution in [0.2, 0.25) is 10.3 Å². The highest BCUT2D eigenvalue weighted by Gasteiger charge is 2.34. The van der Waals surface area contributed by atoms with Gasteiger partial charge in [0.05, 0.1) is 17.8 Å². The molecule has 28 heavy (non-hydrogen) atoms. The second-order valence-electron chi connectivity index (χ2n) is 6.87. The maximum absolute atomic E-state index is 14.2. The minimum atomic E-state index is -2.83. The molecule has 0 bridgehead atoms. The van der Waals surface area contributed by atoms with Crippen molar-refractivity contribution in [1.82, 2.24) is 14.5 Å². The van der Waals surface area contributed by atoms with Crippen molar-refractivity contribution in [3.8, 4) is 0 Å². The molecule has 1 aliphatic carbocycles. The number of aromatic nitrogens is 3. The molecular weight excluding hydrogens is 411 g/mol. The Morgan fingerprint density at radius 1 is 1.29 bits per heavy atom. The molecule has 6 nitrogen and oxygen atoms in total. The first kappa shape index (κ1) is 19.4. The van der Waals surface area contributed by atoms with Gasteiger partial charge in [-0.3, -0.25) is 4.57 Å². The van der Waals surface area contributed by atoms with Gasteiger partial charge in [-0.05, 0) is 36.6 Å². The molecule has 3 heterocycles. The van der Waals surface area contributed by atoms with E-state index in [0.29, 0.717) is 17.9 Å². The standard InChI is InChI=1S/C18H19Cl2F2N5O/c19-12-13-15(16(26-17(20)25-13)24-8-9-4-3-7-28-9)27(18(21)22)14(12)10-5-1-2-6-11(10)23/h3-4,7,10-11,18H,1-2,5-6,8,23H2,(H,24,25,26)/t10-,11-/m0/s1. The van der Waals surface area contributed by atoms with E-state index in [9.17, 15) is 8.78 Å². The molecule has 0 radical (unpaired) electrons. The average Bonchev–Trinajstić information content (AvgIpc) is 3.27. The number of fused-ring (bicyclic) bond motifs is 1. The Morgan fingerprint density at radius 2 is 2.07 bits per heavy atom. The highest BCUT2D eigenvalue weighted by Crippen LogP contribution is 2.44. The van der Waals surface area contributed by atoms with E-state index in [0.717, 1.165) is 23.8 Å². The number of hydrogen-bond acceptors (Lipinski definition) is 5. The van der Waals surface area contributed by atoms with Gasteiger partial charge in [-0.15, -0.1) is 0 Å². The van der Waals surface area contributed by atoms with E-state index in [-0.39, 0.29) is 45.7 Å². The van der Waals surface area contributed by atoms with Crippen molar-refractivity contribution in [2.75, 3.05) is 5.32 Å². The van der Waals surface area contributed by atoms with Crippen LogP contribution in [0.25, 0.3) is 11.0 Å². The fourth-order valence-electron chi connectivity index (χ4n) is 3.91. The van der Waals surface area contributed by atoms with Gasteiger partial charge in [0.1, 0.15) is 16.8 Å². The Hall–Kier alpha value is -1.90. The highest BCUT2D eigenvalue weighted by molar-refractivity contribution is 6.37. The van der Waals surface area contributed by atoms with E-state index in [1.807, 2.05) is 0 Å². The molecular formula is C18H19Cl2F2N5O. The molecule has 1 saturated carbocycles. The second kappa shape index (κ2) is 7.85. The van der Waals surface area contributed by atoms with Gasteiger partial charge in [-0.2, -0.15) is 13.8 Å². The first-order chi connectivity index (χ1) is 13.5. The van der Waals surface area contributed by atoms with Crippen LogP contribution < -0.4 is 11.1 Å². The third-order valence-electron chi connectivity index (χ3n) is 5.17. The summed E-state index contributed by atoms with van der Waals surface area (Å²) in [5, 5.41) is 3.08. The number of hydrogen-bond donors (Lipinski definition) is 2. The van der Waals surface area contributed by atoms with Crippen molar-refractivity contribution >= 4 is 40.1 Å². The smallest absolute Gasteiger partial charge is 0.319 e. The van der Waals surface area contributed by atoms with Crippen LogP contribution in [-0.4, -0.2) is 20.6 Å². The van der Waals surface area contributed by atoms with E-state index < -0.39 is 6.55 Å². The average molecular weight is 430 g/mol. The van der Waals surface area contributed by atoms with E-state index in [2.05, 4.69) is 15.3 Å². The number of nitrogens with zero attached hydrogens (tertiary/aromatic N) is 3. The number of furan rings is 1. The van der Waals surface area contributed by atoms with Gasteiger partial charge in [0, 0.05) is 17.7 Å². The number of nitrogens with one attached hydrogen (secondary N) is 1. The minimum absolute atomic E-state index is 0.0812. The van der Waals surface area contributed by atoms with Crippen LogP contribution >= 0.6 is 23.2 Å². The van der Waals surface area contributed by atoms with Crippen LogP contribution in [0.1, 0.15) is 49.6 Å². The number of alkyl halides is 2. The van der Waals surface area contributed by atoms with Crippen molar-refractivity contribution in [3.63, 3.8) is 0 Å². The molecule has 0 amide bonds. The predicted molar refractivity (Wildman–Crippen MR) is 104 cm³/mol. The van der Waals surface area contributed by atoms with Gasteiger partial charge >= 0.3 is 6.55 Å². The Morgan fingerprint density at radius 3 is 2.75 bits per heavy atom. The molecule has 3 N–H and O–H groups in total. The third-order valence-corrected chi connectivity index (χ3v) is 5.71. The van der Waals surface area contributed by atoms with Gasteiger partial charge in [-0.1, -0.05) is 24.4 Å². The molecule has 0 saturated heterocycles. The summed E-state index contributed by atoms with van der Waals surface area (Å²) in [7, 11) is 0. The minimum Gasteiger partial charge on any atom is -0.467 e. The summed E-state index contributed by atoms with van der Waals surface area (Å²) in [6.07, 6.45) is 4.88. The lowest BCUT2D eigenvalue weighted by Crippen LogP contribution is -2.33. The van der Waals surface area contributed by atoms with Crippen molar-refractivity contribution in [2.24, 2.45) is 5.73 Å². The molecule has 3 aromatic heterocycles. The summed E-state index contributed by atoms with van der Waals surface area (Å²) in [6.45, 7) is -2.58. The predicted octanol–water partition coefficient (Wildman–Crippen LogP) is 5.32. The van der Waals surface area contributed by atoms with Crippen molar-refractivity contribution < 1.29 is 13.2 Å². The second-order valence-corrected chi connectivity index (χ2v) is 7.59. The highest BCUT2D eigenvalue weighted by atomic mass is 35.5. The quantitative estimate of drug-likeness (QED) is 0.536. The molecule has 1 aliphatic rings. The molecule has 150 valence electrons. The lowest BCUT2D eigenvalue weighted by atomic mass is 9.83. The molecule has 0 aliphatic heterocycles. The maximum atomic E-state index is 14.2. The number of anilines is 1. The lowest BCUT2D eigenvalue weighted by Gasteiger charge is -2.30. The Labute approximate surface area is 170 Å². The molecule has 3 aromatic rings. The zero-order chi connectivity index (χ0) is 19.8. The van der Waals surface area contributed by atoms with Crippen molar-refractivity contribution in [3.05, 3.63) is 40.2 Å². The molecule has 1 fully saturated rings. The maximum Gasteiger partial charge on any atom is 0.319 e. The number of rotatable bonds is 5. The summed E-state index contributed by atoms with van der Waals surface area (Å²) >= 11 is 12.6. The molecule has 2 atom stereocenters. The summed E-state index contributed by atoms with van der Waals surface area (Å²) in [5.41, 5.74) is 6.86. The summed E-state index contributed by atoms with van der Waals surface area (Å²) in [5.74, 6) is 0.518. The molecule has 0 spiro atoms. The lowest BCUT2D eigenvalue weighted by molar-refractivity contribution is 0.0700. The van der Waals surface area contributed by atoms with Crippen LogP contribution in [0, 0.1) is 0 Å². The Kier molecular flexibility index (Phi) is 5.44. The Bertz CT molecular complexity index is 976. The van der Waals surface area contributed by atoms with E-state index >= 15 is 0 Å². The van der Waals surface area contributed by atoms with Crippen LogP contribution in [0.3, 0.4) is 0 Å². The Balaban J connectivity index is 1.87. The van der Waals surface area contributed by atoms with Crippen LogP contribution in [0.15, 0.2) is 22.8 Å². The first-order valence-corrected chi connectivity index (χ1v) is 9.79. The molecule has 0 unspecified atom stereocenters. The van der Waals surface area contributed by atoms with Crippen molar-refractivity contribution in [1.29, 1.82) is 0 Å². The topological polar surface area (TPSA) is 81.9 Å². The zero-order valence-electron chi connectivity index (χ0n) is 14.8.